The maximum absolute atomic E-state index is 12.4. The normalized spacial score (nSPS) is 34.2. The lowest BCUT2D eigenvalue weighted by Crippen LogP contribution is -2.57. The number of thiocarbonyl (C=S) groups is 1. The van der Waals surface area contributed by atoms with Crippen molar-refractivity contribution in [3.63, 3.8) is 0 Å². The minimum absolute atomic E-state index is 0.107. The summed E-state index contributed by atoms with van der Waals surface area (Å²) in [7, 11) is 0. The number of benzene rings is 1. The molecule has 1 aromatic carbocycles. The zero-order chi connectivity index (χ0) is 16.0. The second-order valence-corrected chi connectivity index (χ2v) is 8.11. The van der Waals surface area contributed by atoms with Crippen molar-refractivity contribution in [2.24, 2.45) is 23.7 Å². The molecule has 4 fully saturated rings. The SMILES string of the molecule is Cc1ccccc1C(=O)NC(=S)NC1C2CC3CC(C2)CC1C3. The van der Waals surface area contributed by atoms with Crippen LogP contribution >= 0.6 is 12.2 Å². The third kappa shape index (κ3) is 2.89. The molecule has 4 saturated carbocycles. The van der Waals surface area contributed by atoms with Crippen molar-refractivity contribution in [3.8, 4) is 0 Å². The lowest BCUT2D eigenvalue weighted by molar-refractivity contribution is -0.00692. The largest absolute Gasteiger partial charge is 0.359 e. The van der Waals surface area contributed by atoms with Gasteiger partial charge in [0.2, 0.25) is 0 Å². The quantitative estimate of drug-likeness (QED) is 0.817. The summed E-state index contributed by atoms with van der Waals surface area (Å²) in [5.74, 6) is 3.29. The van der Waals surface area contributed by atoms with Crippen molar-refractivity contribution < 1.29 is 4.79 Å². The van der Waals surface area contributed by atoms with Gasteiger partial charge < -0.3 is 5.32 Å². The molecule has 122 valence electrons. The Morgan fingerprint density at radius 3 is 2.26 bits per heavy atom. The zero-order valence-corrected chi connectivity index (χ0v) is 14.4. The molecule has 4 aliphatic rings. The van der Waals surface area contributed by atoms with Crippen molar-refractivity contribution in [1.29, 1.82) is 0 Å². The summed E-state index contributed by atoms with van der Waals surface area (Å²) in [5.41, 5.74) is 1.67. The van der Waals surface area contributed by atoms with Crippen molar-refractivity contribution in [2.45, 2.75) is 45.1 Å². The van der Waals surface area contributed by atoms with Gasteiger partial charge in [0.1, 0.15) is 0 Å². The number of nitrogens with one attached hydrogen (secondary N) is 2. The maximum atomic E-state index is 12.4. The van der Waals surface area contributed by atoms with Gasteiger partial charge in [-0.1, -0.05) is 18.2 Å². The molecule has 4 aliphatic carbocycles. The van der Waals surface area contributed by atoms with Gasteiger partial charge in [0.15, 0.2) is 5.11 Å². The first kappa shape index (κ1) is 15.1. The molecule has 0 saturated heterocycles. The van der Waals surface area contributed by atoms with Crippen LogP contribution < -0.4 is 10.6 Å². The monoisotopic (exact) mass is 328 g/mol. The van der Waals surface area contributed by atoms with Gasteiger partial charge in [0.25, 0.3) is 5.91 Å². The smallest absolute Gasteiger partial charge is 0.257 e. The molecule has 0 atom stereocenters. The molecule has 4 heteroatoms. The van der Waals surface area contributed by atoms with Gasteiger partial charge in [-0.25, -0.2) is 0 Å². The highest BCUT2D eigenvalue weighted by atomic mass is 32.1. The van der Waals surface area contributed by atoms with E-state index in [1.54, 1.807) is 0 Å². The lowest BCUT2D eigenvalue weighted by atomic mass is 9.54. The Kier molecular flexibility index (Phi) is 3.88. The Labute approximate surface area is 143 Å². The van der Waals surface area contributed by atoms with Crippen molar-refractivity contribution >= 4 is 23.2 Å². The molecular weight excluding hydrogens is 304 g/mol. The average Bonchev–Trinajstić information content (AvgIpc) is 2.50. The van der Waals surface area contributed by atoms with Gasteiger partial charge in [-0.3, -0.25) is 10.1 Å². The Morgan fingerprint density at radius 2 is 1.65 bits per heavy atom. The van der Waals surface area contributed by atoms with Crippen LogP contribution in [0.4, 0.5) is 0 Å². The molecule has 0 spiro atoms. The van der Waals surface area contributed by atoms with E-state index in [0.717, 1.165) is 29.2 Å². The van der Waals surface area contributed by atoms with E-state index in [-0.39, 0.29) is 5.91 Å². The summed E-state index contributed by atoms with van der Waals surface area (Å²) in [6, 6.07) is 8.08. The standard InChI is InChI=1S/C19H24N2OS/c1-11-4-2-3-5-16(11)18(22)21-19(23)20-17-14-7-12-6-13(9-14)10-15(17)8-12/h2-5,12-15,17H,6-10H2,1H3,(H2,20,21,22,23). The topological polar surface area (TPSA) is 41.1 Å². The molecule has 1 amide bonds. The van der Waals surface area contributed by atoms with E-state index in [0.29, 0.717) is 16.7 Å². The van der Waals surface area contributed by atoms with Gasteiger partial charge in [0, 0.05) is 11.6 Å². The number of hydrogen-bond acceptors (Lipinski definition) is 2. The minimum Gasteiger partial charge on any atom is -0.359 e. The van der Waals surface area contributed by atoms with Crippen LogP contribution in [0.25, 0.3) is 0 Å². The summed E-state index contributed by atoms with van der Waals surface area (Å²) < 4.78 is 0. The molecule has 0 aliphatic heterocycles. The number of carbonyl (C=O) groups excluding carboxylic acids is 1. The maximum Gasteiger partial charge on any atom is 0.257 e. The second-order valence-electron chi connectivity index (χ2n) is 7.70. The Bertz CT molecular complexity index is 614. The second kappa shape index (κ2) is 5.90. The third-order valence-electron chi connectivity index (χ3n) is 6.14. The van der Waals surface area contributed by atoms with Gasteiger partial charge in [-0.2, -0.15) is 0 Å². The van der Waals surface area contributed by atoms with E-state index in [1.807, 2.05) is 31.2 Å². The molecule has 5 rings (SSSR count). The average molecular weight is 328 g/mol. The van der Waals surface area contributed by atoms with E-state index >= 15 is 0 Å². The predicted octanol–water partition coefficient (Wildman–Crippen LogP) is 3.42. The Hall–Kier alpha value is -1.42. The molecule has 1 aromatic rings. The number of amides is 1. The van der Waals surface area contributed by atoms with Crippen LogP contribution in [0.3, 0.4) is 0 Å². The third-order valence-corrected chi connectivity index (χ3v) is 6.36. The fraction of sp³-hybridized carbons (Fsp3) is 0.579. The molecule has 0 unspecified atom stereocenters. The van der Waals surface area contributed by atoms with Crippen LogP contribution in [0.2, 0.25) is 0 Å². The number of hydrogen-bond donors (Lipinski definition) is 2. The van der Waals surface area contributed by atoms with Crippen LogP contribution in [0.1, 0.15) is 48.0 Å². The van der Waals surface area contributed by atoms with Gasteiger partial charge in [0.05, 0.1) is 0 Å². The molecule has 2 N–H and O–H groups in total. The van der Waals surface area contributed by atoms with Gasteiger partial charge in [-0.15, -0.1) is 0 Å². The Morgan fingerprint density at radius 1 is 1.04 bits per heavy atom. The first-order valence-electron chi connectivity index (χ1n) is 8.77. The summed E-state index contributed by atoms with van der Waals surface area (Å²) in [5, 5.41) is 6.86. The summed E-state index contributed by atoms with van der Waals surface area (Å²) >= 11 is 5.43. The van der Waals surface area contributed by atoms with Crippen LogP contribution in [-0.2, 0) is 0 Å². The zero-order valence-electron chi connectivity index (χ0n) is 13.5. The van der Waals surface area contributed by atoms with Gasteiger partial charge in [-0.05, 0) is 86.5 Å². The summed E-state index contributed by atoms with van der Waals surface area (Å²) in [4.78, 5) is 12.4. The first-order chi connectivity index (χ1) is 11.1. The number of carbonyl (C=O) groups is 1. The van der Waals surface area contributed by atoms with Crippen molar-refractivity contribution in [1.82, 2.24) is 10.6 Å². The van der Waals surface area contributed by atoms with E-state index in [4.69, 9.17) is 12.2 Å². The fourth-order valence-corrected chi connectivity index (χ4v) is 5.58. The highest BCUT2D eigenvalue weighted by molar-refractivity contribution is 7.80. The molecule has 0 heterocycles. The minimum atomic E-state index is -0.107. The molecule has 0 aromatic heterocycles. The van der Waals surface area contributed by atoms with Crippen LogP contribution in [0, 0.1) is 30.6 Å². The van der Waals surface area contributed by atoms with Crippen molar-refractivity contribution in [2.75, 3.05) is 0 Å². The van der Waals surface area contributed by atoms with Crippen molar-refractivity contribution in [3.05, 3.63) is 35.4 Å². The predicted molar refractivity (Wildman–Crippen MR) is 95.2 cm³/mol. The molecule has 4 bridgehead atoms. The number of rotatable bonds is 2. The molecule has 0 radical (unpaired) electrons. The highest BCUT2D eigenvalue weighted by Crippen LogP contribution is 2.53. The highest BCUT2D eigenvalue weighted by Gasteiger charge is 2.48. The van der Waals surface area contributed by atoms with Crippen LogP contribution in [0.5, 0.6) is 0 Å². The molecule has 23 heavy (non-hydrogen) atoms. The van der Waals surface area contributed by atoms with Gasteiger partial charge >= 0.3 is 0 Å². The van der Waals surface area contributed by atoms with Crippen LogP contribution in [-0.4, -0.2) is 17.1 Å². The molecule has 3 nitrogen and oxygen atoms in total. The summed E-state index contributed by atoms with van der Waals surface area (Å²) in [6.45, 7) is 1.95. The van der Waals surface area contributed by atoms with E-state index in [9.17, 15) is 4.79 Å². The first-order valence-corrected chi connectivity index (χ1v) is 9.18. The van der Waals surface area contributed by atoms with E-state index < -0.39 is 0 Å². The lowest BCUT2D eigenvalue weighted by Gasteiger charge is -2.54. The molecular formula is C19H24N2OS. The number of aryl methyl sites for hydroxylation is 1. The fourth-order valence-electron chi connectivity index (χ4n) is 5.35. The van der Waals surface area contributed by atoms with E-state index in [2.05, 4.69) is 10.6 Å². The van der Waals surface area contributed by atoms with E-state index in [1.165, 1.54) is 32.1 Å². The Balaban J connectivity index is 1.39. The summed E-state index contributed by atoms with van der Waals surface area (Å²) in [6.07, 6.45) is 6.84. The van der Waals surface area contributed by atoms with Crippen LogP contribution in [0.15, 0.2) is 24.3 Å².